The van der Waals surface area contributed by atoms with Gasteiger partial charge >= 0.3 is 0 Å². The Kier molecular flexibility index (Phi) is 4.83. The van der Waals surface area contributed by atoms with Gasteiger partial charge in [-0.25, -0.2) is 0 Å². The number of nitrogens with one attached hydrogen (secondary N) is 2. The Morgan fingerprint density at radius 1 is 1.05 bits per heavy atom. The van der Waals surface area contributed by atoms with Gasteiger partial charge in [0.15, 0.2) is 0 Å². The highest BCUT2D eigenvalue weighted by atomic mass is 79.9. The van der Waals surface area contributed by atoms with E-state index < -0.39 is 0 Å². The summed E-state index contributed by atoms with van der Waals surface area (Å²) in [7, 11) is 1.86. The van der Waals surface area contributed by atoms with Crippen LogP contribution in [-0.2, 0) is 0 Å². The molecule has 3 nitrogen and oxygen atoms in total. The van der Waals surface area contributed by atoms with Crippen LogP contribution in [0.15, 0.2) is 45.3 Å². The Labute approximate surface area is 135 Å². The minimum absolute atomic E-state index is 0.130. The summed E-state index contributed by atoms with van der Waals surface area (Å²) in [6.45, 7) is 1.97. The molecule has 0 radical (unpaired) electrons. The summed E-state index contributed by atoms with van der Waals surface area (Å²) >= 11 is 6.82. The molecule has 2 N–H and O–H groups in total. The topological polar surface area (TPSA) is 41.1 Å². The van der Waals surface area contributed by atoms with Crippen molar-refractivity contribution in [3.63, 3.8) is 0 Å². The molecule has 0 aliphatic rings. The van der Waals surface area contributed by atoms with E-state index in [0.717, 1.165) is 25.9 Å². The zero-order valence-corrected chi connectivity index (χ0v) is 14.3. The van der Waals surface area contributed by atoms with Crippen LogP contribution in [0, 0.1) is 6.92 Å². The maximum absolute atomic E-state index is 12.3. The number of aryl methyl sites for hydroxylation is 1. The van der Waals surface area contributed by atoms with Crippen molar-refractivity contribution in [3.05, 3.63) is 56.5 Å². The van der Waals surface area contributed by atoms with Crippen LogP contribution >= 0.6 is 31.9 Å². The van der Waals surface area contributed by atoms with Crippen LogP contribution in [0.4, 0.5) is 11.4 Å². The molecule has 0 unspecified atom stereocenters. The first-order chi connectivity index (χ1) is 9.51. The van der Waals surface area contributed by atoms with Crippen LogP contribution < -0.4 is 10.6 Å². The average Bonchev–Trinajstić information content (AvgIpc) is 2.42. The Bertz CT molecular complexity index is 656. The summed E-state index contributed by atoms with van der Waals surface area (Å²) in [4.78, 5) is 12.3. The Hall–Kier alpha value is -1.33. The van der Waals surface area contributed by atoms with Gasteiger partial charge in [-0.15, -0.1) is 0 Å². The molecule has 0 fully saturated rings. The minimum Gasteiger partial charge on any atom is -0.388 e. The van der Waals surface area contributed by atoms with Gasteiger partial charge in [0.1, 0.15) is 0 Å². The number of carbonyl (C=O) groups excluding carboxylic acids is 1. The zero-order valence-electron chi connectivity index (χ0n) is 11.1. The first kappa shape index (κ1) is 15.1. The lowest BCUT2D eigenvalue weighted by Gasteiger charge is -2.10. The lowest BCUT2D eigenvalue weighted by Crippen LogP contribution is -2.12. The van der Waals surface area contributed by atoms with Crippen molar-refractivity contribution in [1.82, 2.24) is 0 Å². The number of carbonyl (C=O) groups is 1. The fourth-order valence-corrected chi connectivity index (χ4v) is 2.58. The van der Waals surface area contributed by atoms with E-state index in [1.54, 1.807) is 6.07 Å². The third-order valence-corrected chi connectivity index (χ3v) is 4.12. The number of hydrogen-bond donors (Lipinski definition) is 2. The van der Waals surface area contributed by atoms with Crippen LogP contribution in [0.3, 0.4) is 0 Å². The quantitative estimate of drug-likeness (QED) is 0.779. The van der Waals surface area contributed by atoms with Gasteiger partial charge in [0.2, 0.25) is 0 Å². The molecule has 0 saturated heterocycles. The standard InChI is InChI=1S/C15H14Br2N2O/c1-9-7-10(3-6-13(9)18-2)15(20)19-14-8-11(16)4-5-12(14)17/h3-8,18H,1-2H3,(H,19,20). The Balaban J connectivity index is 2.24. The summed E-state index contributed by atoms with van der Waals surface area (Å²) in [5, 5.41) is 5.98. The molecule has 0 atom stereocenters. The largest absolute Gasteiger partial charge is 0.388 e. The third-order valence-electron chi connectivity index (χ3n) is 2.93. The van der Waals surface area contributed by atoms with E-state index in [9.17, 15) is 4.79 Å². The number of rotatable bonds is 3. The molecule has 104 valence electrons. The number of anilines is 2. The molecule has 0 saturated carbocycles. The van der Waals surface area contributed by atoms with Gasteiger partial charge in [0, 0.05) is 27.2 Å². The molecule has 2 rings (SSSR count). The molecule has 0 heterocycles. The molecule has 0 aliphatic heterocycles. The SMILES string of the molecule is CNc1ccc(C(=O)Nc2cc(Br)ccc2Br)cc1C. The fraction of sp³-hybridized carbons (Fsp3) is 0.133. The van der Waals surface area contributed by atoms with Gasteiger partial charge in [-0.1, -0.05) is 15.9 Å². The molecular weight excluding hydrogens is 384 g/mol. The van der Waals surface area contributed by atoms with Gasteiger partial charge in [-0.05, 0) is 64.8 Å². The van der Waals surface area contributed by atoms with Crippen LogP contribution in [0.25, 0.3) is 0 Å². The first-order valence-electron chi connectivity index (χ1n) is 6.06. The van der Waals surface area contributed by atoms with Crippen molar-refractivity contribution in [1.29, 1.82) is 0 Å². The lowest BCUT2D eigenvalue weighted by molar-refractivity contribution is 0.102. The van der Waals surface area contributed by atoms with Crippen molar-refractivity contribution in [2.24, 2.45) is 0 Å². The highest BCUT2D eigenvalue weighted by molar-refractivity contribution is 9.11. The molecule has 0 aliphatic carbocycles. The second-order valence-corrected chi connectivity index (χ2v) is 6.13. The highest BCUT2D eigenvalue weighted by Crippen LogP contribution is 2.27. The van der Waals surface area contributed by atoms with Crippen molar-refractivity contribution in [2.45, 2.75) is 6.92 Å². The van der Waals surface area contributed by atoms with E-state index in [0.29, 0.717) is 5.56 Å². The van der Waals surface area contributed by atoms with E-state index in [-0.39, 0.29) is 5.91 Å². The number of amides is 1. The first-order valence-corrected chi connectivity index (χ1v) is 7.64. The van der Waals surface area contributed by atoms with Crippen molar-refractivity contribution < 1.29 is 4.79 Å². The predicted octanol–water partition coefficient (Wildman–Crippen LogP) is 4.81. The monoisotopic (exact) mass is 396 g/mol. The van der Waals surface area contributed by atoms with E-state index in [1.807, 2.05) is 44.3 Å². The molecule has 2 aromatic carbocycles. The molecule has 0 spiro atoms. The van der Waals surface area contributed by atoms with Gasteiger partial charge in [0.25, 0.3) is 5.91 Å². The van der Waals surface area contributed by atoms with Crippen molar-refractivity contribution in [3.8, 4) is 0 Å². The van der Waals surface area contributed by atoms with Gasteiger partial charge in [-0.2, -0.15) is 0 Å². The van der Waals surface area contributed by atoms with Crippen LogP contribution in [0.5, 0.6) is 0 Å². The second-order valence-electron chi connectivity index (χ2n) is 4.36. The predicted molar refractivity (Wildman–Crippen MR) is 90.5 cm³/mol. The van der Waals surface area contributed by atoms with Crippen LogP contribution in [0.1, 0.15) is 15.9 Å². The average molecular weight is 398 g/mol. The minimum atomic E-state index is -0.130. The molecular formula is C15H14Br2N2O. The normalized spacial score (nSPS) is 10.2. The van der Waals surface area contributed by atoms with Crippen molar-refractivity contribution >= 4 is 49.1 Å². The molecule has 5 heteroatoms. The second kappa shape index (κ2) is 6.41. The van der Waals surface area contributed by atoms with Gasteiger partial charge < -0.3 is 10.6 Å². The molecule has 1 amide bonds. The number of benzene rings is 2. The van der Waals surface area contributed by atoms with E-state index in [2.05, 4.69) is 42.5 Å². The molecule has 0 bridgehead atoms. The summed E-state index contributed by atoms with van der Waals surface area (Å²) in [6.07, 6.45) is 0. The van der Waals surface area contributed by atoms with E-state index >= 15 is 0 Å². The summed E-state index contributed by atoms with van der Waals surface area (Å²) in [6, 6.07) is 11.2. The lowest BCUT2D eigenvalue weighted by atomic mass is 10.1. The van der Waals surface area contributed by atoms with E-state index in [4.69, 9.17) is 0 Å². The van der Waals surface area contributed by atoms with Gasteiger partial charge in [-0.3, -0.25) is 4.79 Å². The molecule has 20 heavy (non-hydrogen) atoms. The smallest absolute Gasteiger partial charge is 0.255 e. The summed E-state index contributed by atoms with van der Waals surface area (Å²) < 4.78 is 1.76. The van der Waals surface area contributed by atoms with Crippen molar-refractivity contribution in [2.75, 3.05) is 17.7 Å². The number of hydrogen-bond acceptors (Lipinski definition) is 2. The molecule has 0 aromatic heterocycles. The number of halogens is 2. The van der Waals surface area contributed by atoms with Gasteiger partial charge in [0.05, 0.1) is 5.69 Å². The Morgan fingerprint density at radius 3 is 2.45 bits per heavy atom. The summed E-state index contributed by atoms with van der Waals surface area (Å²) in [5.41, 5.74) is 3.42. The maximum Gasteiger partial charge on any atom is 0.255 e. The Morgan fingerprint density at radius 2 is 1.80 bits per heavy atom. The third kappa shape index (κ3) is 3.41. The summed E-state index contributed by atoms with van der Waals surface area (Å²) in [5.74, 6) is -0.130. The highest BCUT2D eigenvalue weighted by Gasteiger charge is 2.10. The zero-order chi connectivity index (χ0) is 14.7. The fourth-order valence-electron chi connectivity index (χ4n) is 1.87. The van der Waals surface area contributed by atoms with E-state index in [1.165, 1.54) is 0 Å². The molecule has 2 aromatic rings. The maximum atomic E-state index is 12.3. The van der Waals surface area contributed by atoms with Crippen LogP contribution in [0.2, 0.25) is 0 Å². The van der Waals surface area contributed by atoms with Crippen LogP contribution in [-0.4, -0.2) is 13.0 Å².